The second-order valence-corrected chi connectivity index (χ2v) is 5.42. The van der Waals surface area contributed by atoms with Gasteiger partial charge in [-0.25, -0.2) is 0 Å². The summed E-state index contributed by atoms with van der Waals surface area (Å²) in [6.07, 6.45) is 3.06. The Morgan fingerprint density at radius 2 is 2.00 bits per heavy atom. The van der Waals surface area contributed by atoms with Crippen molar-refractivity contribution in [3.63, 3.8) is 0 Å². The Labute approximate surface area is 116 Å². The number of piperidine rings is 1. The molecule has 3 heteroatoms. The third-order valence-corrected chi connectivity index (χ3v) is 4.01. The van der Waals surface area contributed by atoms with Crippen molar-refractivity contribution in [2.24, 2.45) is 5.92 Å². The molecule has 0 aliphatic carbocycles. The molecule has 1 atom stereocenters. The fraction of sp³-hybridized carbons (Fsp3) is 0.562. The maximum atomic E-state index is 9.07. The molecule has 102 valence electrons. The normalized spacial score (nSPS) is 18.2. The standard InChI is InChI=1S/C16H23N3/c1-19(13-14-8-11-18-12-9-14)16(7-10-17)15-5-3-2-4-6-15/h2-6,14,16,18H,7-9,11-13H2,1H3. The minimum absolute atomic E-state index is 0.223. The van der Waals surface area contributed by atoms with E-state index in [4.69, 9.17) is 5.26 Å². The fourth-order valence-electron chi connectivity index (χ4n) is 2.89. The predicted molar refractivity (Wildman–Crippen MR) is 77.6 cm³/mol. The Hall–Kier alpha value is -1.37. The van der Waals surface area contributed by atoms with Crippen molar-refractivity contribution in [1.29, 1.82) is 5.26 Å². The monoisotopic (exact) mass is 257 g/mol. The van der Waals surface area contributed by atoms with E-state index in [1.807, 2.05) is 6.07 Å². The van der Waals surface area contributed by atoms with Gasteiger partial charge < -0.3 is 5.32 Å². The van der Waals surface area contributed by atoms with E-state index < -0.39 is 0 Å². The number of benzene rings is 1. The predicted octanol–water partition coefficient (Wildman–Crippen LogP) is 2.57. The van der Waals surface area contributed by atoms with Gasteiger partial charge in [-0.05, 0) is 44.5 Å². The fourth-order valence-corrected chi connectivity index (χ4v) is 2.89. The molecular weight excluding hydrogens is 234 g/mol. The minimum Gasteiger partial charge on any atom is -0.317 e. The minimum atomic E-state index is 0.223. The Kier molecular flexibility index (Phi) is 5.38. The molecule has 1 aliphatic rings. The number of nitrogens with zero attached hydrogens (tertiary/aromatic N) is 2. The zero-order valence-electron chi connectivity index (χ0n) is 11.7. The van der Waals surface area contributed by atoms with Crippen molar-refractivity contribution in [3.05, 3.63) is 35.9 Å². The summed E-state index contributed by atoms with van der Waals surface area (Å²) in [5.41, 5.74) is 1.25. The first-order valence-corrected chi connectivity index (χ1v) is 7.14. The average Bonchev–Trinajstić information content (AvgIpc) is 2.46. The summed E-state index contributed by atoms with van der Waals surface area (Å²) in [4.78, 5) is 2.36. The van der Waals surface area contributed by atoms with Crippen molar-refractivity contribution in [1.82, 2.24) is 10.2 Å². The largest absolute Gasteiger partial charge is 0.317 e. The van der Waals surface area contributed by atoms with Crippen molar-refractivity contribution in [2.45, 2.75) is 25.3 Å². The summed E-state index contributed by atoms with van der Waals surface area (Å²) >= 11 is 0. The van der Waals surface area contributed by atoms with Crippen LogP contribution in [0.1, 0.15) is 30.9 Å². The second kappa shape index (κ2) is 7.28. The van der Waals surface area contributed by atoms with Crippen LogP contribution in [0.3, 0.4) is 0 Å². The summed E-state index contributed by atoms with van der Waals surface area (Å²) < 4.78 is 0. The molecule has 1 aliphatic heterocycles. The van der Waals surface area contributed by atoms with Gasteiger partial charge in [-0.2, -0.15) is 5.26 Å². The van der Waals surface area contributed by atoms with Crippen LogP contribution in [0.5, 0.6) is 0 Å². The van der Waals surface area contributed by atoms with Gasteiger partial charge in [-0.15, -0.1) is 0 Å². The Morgan fingerprint density at radius 3 is 2.63 bits per heavy atom. The number of rotatable bonds is 5. The molecule has 2 rings (SSSR count). The summed E-state index contributed by atoms with van der Waals surface area (Å²) in [7, 11) is 2.15. The number of hydrogen-bond donors (Lipinski definition) is 1. The number of nitriles is 1. The van der Waals surface area contributed by atoms with Gasteiger partial charge in [-0.3, -0.25) is 4.90 Å². The van der Waals surface area contributed by atoms with E-state index in [1.165, 1.54) is 18.4 Å². The molecule has 1 N–H and O–H groups in total. The maximum absolute atomic E-state index is 9.07. The van der Waals surface area contributed by atoms with Crippen LogP contribution in [0, 0.1) is 17.2 Å². The first-order chi connectivity index (χ1) is 9.31. The third-order valence-electron chi connectivity index (χ3n) is 4.01. The van der Waals surface area contributed by atoms with Gasteiger partial charge in [0, 0.05) is 12.6 Å². The van der Waals surface area contributed by atoms with Gasteiger partial charge in [0.15, 0.2) is 0 Å². The quantitative estimate of drug-likeness (QED) is 0.881. The van der Waals surface area contributed by atoms with Crippen molar-refractivity contribution in [2.75, 3.05) is 26.7 Å². The first-order valence-electron chi connectivity index (χ1n) is 7.14. The molecule has 0 radical (unpaired) electrons. The summed E-state index contributed by atoms with van der Waals surface area (Å²) in [5.74, 6) is 0.760. The van der Waals surface area contributed by atoms with Gasteiger partial charge in [0.25, 0.3) is 0 Å². The van der Waals surface area contributed by atoms with Crippen molar-refractivity contribution >= 4 is 0 Å². The molecular formula is C16H23N3. The van der Waals surface area contributed by atoms with Crippen LogP contribution in [0.15, 0.2) is 30.3 Å². The summed E-state index contributed by atoms with van der Waals surface area (Å²) in [6.45, 7) is 3.35. The highest BCUT2D eigenvalue weighted by Gasteiger charge is 2.21. The van der Waals surface area contributed by atoms with E-state index in [0.29, 0.717) is 6.42 Å². The molecule has 1 unspecified atom stereocenters. The molecule has 3 nitrogen and oxygen atoms in total. The lowest BCUT2D eigenvalue weighted by Gasteiger charge is -2.32. The van der Waals surface area contributed by atoms with Crippen LogP contribution < -0.4 is 5.32 Å². The van der Waals surface area contributed by atoms with Gasteiger partial charge in [0.1, 0.15) is 0 Å². The van der Waals surface area contributed by atoms with Crippen LogP contribution in [0.25, 0.3) is 0 Å². The molecule has 0 bridgehead atoms. The highest BCUT2D eigenvalue weighted by molar-refractivity contribution is 5.20. The first kappa shape index (κ1) is 14.0. The number of hydrogen-bond acceptors (Lipinski definition) is 3. The van der Waals surface area contributed by atoms with Crippen LogP contribution in [-0.2, 0) is 0 Å². The van der Waals surface area contributed by atoms with Crippen molar-refractivity contribution in [3.8, 4) is 6.07 Å². The lowest BCUT2D eigenvalue weighted by atomic mass is 9.95. The Bertz CT molecular complexity index is 404. The molecule has 0 saturated carbocycles. The lowest BCUT2D eigenvalue weighted by Crippen LogP contribution is -2.36. The van der Waals surface area contributed by atoms with Gasteiger partial charge in [0.2, 0.25) is 0 Å². The van der Waals surface area contributed by atoms with E-state index in [0.717, 1.165) is 25.6 Å². The van der Waals surface area contributed by atoms with Crippen LogP contribution in [0.2, 0.25) is 0 Å². The van der Waals surface area contributed by atoms with Gasteiger partial charge in [-0.1, -0.05) is 30.3 Å². The molecule has 19 heavy (non-hydrogen) atoms. The molecule has 1 aromatic rings. The molecule has 0 amide bonds. The SMILES string of the molecule is CN(CC1CCNCC1)C(CC#N)c1ccccc1. The van der Waals surface area contributed by atoms with E-state index in [2.05, 4.69) is 47.6 Å². The third kappa shape index (κ3) is 4.05. The highest BCUT2D eigenvalue weighted by atomic mass is 15.1. The van der Waals surface area contributed by atoms with Crippen LogP contribution in [-0.4, -0.2) is 31.6 Å². The summed E-state index contributed by atoms with van der Waals surface area (Å²) in [6, 6.07) is 12.9. The van der Waals surface area contributed by atoms with Gasteiger partial charge >= 0.3 is 0 Å². The Balaban J connectivity index is 2.00. The average molecular weight is 257 g/mol. The number of nitrogens with one attached hydrogen (secondary N) is 1. The summed E-state index contributed by atoms with van der Waals surface area (Å²) in [5, 5.41) is 12.5. The lowest BCUT2D eigenvalue weighted by molar-refractivity contribution is 0.188. The molecule has 0 spiro atoms. The molecule has 1 heterocycles. The second-order valence-electron chi connectivity index (χ2n) is 5.42. The van der Waals surface area contributed by atoms with Crippen molar-refractivity contribution < 1.29 is 0 Å². The van der Waals surface area contributed by atoms with E-state index in [9.17, 15) is 0 Å². The smallest absolute Gasteiger partial charge is 0.0641 e. The van der Waals surface area contributed by atoms with E-state index in [1.54, 1.807) is 0 Å². The maximum Gasteiger partial charge on any atom is 0.0641 e. The molecule has 1 saturated heterocycles. The van der Waals surface area contributed by atoms with Gasteiger partial charge in [0.05, 0.1) is 12.5 Å². The molecule has 0 aromatic heterocycles. The highest BCUT2D eigenvalue weighted by Crippen LogP contribution is 2.25. The van der Waals surface area contributed by atoms with Crippen LogP contribution >= 0.6 is 0 Å². The topological polar surface area (TPSA) is 39.1 Å². The van der Waals surface area contributed by atoms with E-state index >= 15 is 0 Å². The van der Waals surface area contributed by atoms with Crippen LogP contribution in [0.4, 0.5) is 0 Å². The Morgan fingerprint density at radius 1 is 1.32 bits per heavy atom. The zero-order chi connectivity index (χ0) is 13.5. The van der Waals surface area contributed by atoms with E-state index in [-0.39, 0.29) is 6.04 Å². The zero-order valence-corrected chi connectivity index (χ0v) is 11.7. The molecule has 1 aromatic carbocycles. The molecule has 1 fully saturated rings.